The van der Waals surface area contributed by atoms with Crippen molar-refractivity contribution in [2.24, 2.45) is 0 Å². The molecule has 5 N–H and O–H groups in total. The summed E-state index contributed by atoms with van der Waals surface area (Å²) >= 11 is 0. The average molecular weight is 417 g/mol. The Morgan fingerprint density at radius 1 is 0.655 bits per heavy atom. The molecule has 0 bridgehead atoms. The molecule has 0 aromatic carbocycles. The van der Waals surface area contributed by atoms with Crippen molar-refractivity contribution in [2.75, 3.05) is 59.2 Å². The highest BCUT2D eigenvalue weighted by atomic mass is 16.5. The highest BCUT2D eigenvalue weighted by Crippen LogP contribution is 2.04. The highest BCUT2D eigenvalue weighted by molar-refractivity contribution is 5.68. The van der Waals surface area contributed by atoms with Gasteiger partial charge in [0.15, 0.2) is 0 Å². The minimum Gasteiger partial charge on any atom is -0.480 e. The second kappa shape index (κ2) is 25.3. The molecule has 0 fully saturated rings. The molecule has 0 amide bonds. The Balaban J connectivity index is 2.99. The molecule has 0 aliphatic rings. The lowest BCUT2D eigenvalue weighted by molar-refractivity contribution is -0.135. The maximum atomic E-state index is 10.3. The lowest BCUT2D eigenvalue weighted by atomic mass is 10.1. The molecule has 0 heterocycles. The summed E-state index contributed by atoms with van der Waals surface area (Å²) in [6, 6.07) is 0. The van der Waals surface area contributed by atoms with Gasteiger partial charge in [0.05, 0.1) is 6.54 Å². The molecule has 0 saturated heterocycles. The average Bonchev–Trinajstić information content (AvgIpc) is 2.71. The second-order valence-corrected chi connectivity index (χ2v) is 7.58. The zero-order valence-corrected chi connectivity index (χ0v) is 18.9. The minimum atomic E-state index is -0.776. The third-order valence-electron chi connectivity index (χ3n) is 4.79. The van der Waals surface area contributed by atoms with Gasteiger partial charge in [-0.2, -0.15) is 0 Å². The first kappa shape index (κ1) is 28.3. The van der Waals surface area contributed by atoms with Gasteiger partial charge in [0.1, 0.15) is 0 Å². The highest BCUT2D eigenvalue weighted by Gasteiger charge is 1.96. The first-order valence-corrected chi connectivity index (χ1v) is 11.9. The van der Waals surface area contributed by atoms with Crippen LogP contribution < -0.4 is 21.3 Å². The molecule has 0 aromatic heterocycles. The molecule has 0 aromatic rings. The number of carboxylic acids is 1. The van der Waals surface area contributed by atoms with Crippen LogP contribution in [0.4, 0.5) is 0 Å². The number of nitrogens with one attached hydrogen (secondary N) is 4. The van der Waals surface area contributed by atoms with E-state index in [4.69, 9.17) is 9.84 Å². The largest absolute Gasteiger partial charge is 0.480 e. The van der Waals surface area contributed by atoms with Gasteiger partial charge < -0.3 is 31.1 Å². The Labute approximate surface area is 179 Å². The van der Waals surface area contributed by atoms with E-state index in [0.29, 0.717) is 0 Å². The number of ether oxygens (including phenoxy) is 1. The standard InChI is InChI=1S/C22H48N4O3/c1-2-29-19-13-12-18-26-21-25-17-11-7-10-15-23-14-8-5-3-4-6-9-16-24-20-22(27)28/h23-26H,2-21H2,1H3,(H,27,28). The number of hydrogen-bond donors (Lipinski definition) is 5. The van der Waals surface area contributed by atoms with Crippen LogP contribution >= 0.6 is 0 Å². The minimum absolute atomic E-state index is 0.0785. The van der Waals surface area contributed by atoms with E-state index in [2.05, 4.69) is 21.3 Å². The molecular weight excluding hydrogens is 368 g/mol. The van der Waals surface area contributed by atoms with Gasteiger partial charge in [0, 0.05) is 19.9 Å². The van der Waals surface area contributed by atoms with Crippen LogP contribution in [0, 0.1) is 0 Å². The predicted octanol–water partition coefficient (Wildman–Crippen LogP) is 2.71. The van der Waals surface area contributed by atoms with Crippen molar-refractivity contribution in [1.82, 2.24) is 21.3 Å². The number of aliphatic carboxylic acids is 1. The summed E-state index contributed by atoms with van der Waals surface area (Å²) < 4.78 is 5.32. The molecule has 174 valence electrons. The third-order valence-corrected chi connectivity index (χ3v) is 4.79. The smallest absolute Gasteiger partial charge is 0.317 e. The van der Waals surface area contributed by atoms with Crippen molar-refractivity contribution in [2.45, 2.75) is 77.6 Å². The monoisotopic (exact) mass is 416 g/mol. The predicted molar refractivity (Wildman–Crippen MR) is 122 cm³/mol. The van der Waals surface area contributed by atoms with Crippen molar-refractivity contribution in [3.63, 3.8) is 0 Å². The van der Waals surface area contributed by atoms with Gasteiger partial charge in [-0.05, 0) is 78.2 Å². The molecule has 0 aliphatic heterocycles. The Kier molecular flexibility index (Phi) is 24.7. The lowest BCUT2D eigenvalue weighted by Crippen LogP contribution is -2.30. The van der Waals surface area contributed by atoms with E-state index >= 15 is 0 Å². The normalized spacial score (nSPS) is 11.2. The van der Waals surface area contributed by atoms with E-state index in [-0.39, 0.29) is 6.54 Å². The van der Waals surface area contributed by atoms with Crippen molar-refractivity contribution in [3.8, 4) is 0 Å². The van der Waals surface area contributed by atoms with E-state index in [1.54, 1.807) is 0 Å². The van der Waals surface area contributed by atoms with Crippen LogP contribution in [0.1, 0.15) is 77.6 Å². The summed E-state index contributed by atoms with van der Waals surface area (Å²) in [6.45, 7) is 9.97. The zero-order chi connectivity index (χ0) is 21.3. The van der Waals surface area contributed by atoms with Gasteiger partial charge in [0.2, 0.25) is 0 Å². The van der Waals surface area contributed by atoms with Crippen molar-refractivity contribution < 1.29 is 14.6 Å². The van der Waals surface area contributed by atoms with Gasteiger partial charge in [-0.3, -0.25) is 4.79 Å². The van der Waals surface area contributed by atoms with E-state index in [9.17, 15) is 4.79 Å². The summed E-state index contributed by atoms with van der Waals surface area (Å²) in [5.74, 6) is -0.776. The maximum Gasteiger partial charge on any atom is 0.317 e. The van der Waals surface area contributed by atoms with Crippen LogP contribution in [0.3, 0.4) is 0 Å². The van der Waals surface area contributed by atoms with E-state index in [1.807, 2.05) is 6.92 Å². The van der Waals surface area contributed by atoms with Crippen molar-refractivity contribution in [1.29, 1.82) is 0 Å². The van der Waals surface area contributed by atoms with Gasteiger partial charge in [0.25, 0.3) is 0 Å². The van der Waals surface area contributed by atoms with Crippen LogP contribution in [-0.4, -0.2) is 70.2 Å². The second-order valence-electron chi connectivity index (χ2n) is 7.58. The van der Waals surface area contributed by atoms with Gasteiger partial charge in [-0.25, -0.2) is 0 Å². The Morgan fingerprint density at radius 3 is 1.66 bits per heavy atom. The quantitative estimate of drug-likeness (QED) is 0.115. The van der Waals surface area contributed by atoms with Crippen LogP contribution in [-0.2, 0) is 9.53 Å². The summed E-state index contributed by atoms with van der Waals surface area (Å²) in [6.07, 6.45) is 13.5. The van der Waals surface area contributed by atoms with Gasteiger partial charge in [-0.15, -0.1) is 0 Å². The molecule has 0 saturated carbocycles. The Bertz CT molecular complexity index is 333. The van der Waals surface area contributed by atoms with Crippen molar-refractivity contribution >= 4 is 5.97 Å². The Morgan fingerprint density at radius 2 is 1.10 bits per heavy atom. The number of carbonyl (C=O) groups is 1. The fraction of sp³-hybridized carbons (Fsp3) is 0.955. The topological polar surface area (TPSA) is 94.7 Å². The lowest BCUT2D eigenvalue weighted by Gasteiger charge is -2.08. The number of rotatable bonds is 25. The molecular formula is C22H48N4O3. The molecule has 0 rings (SSSR count). The van der Waals surface area contributed by atoms with Crippen LogP contribution in [0.25, 0.3) is 0 Å². The molecule has 0 atom stereocenters. The van der Waals surface area contributed by atoms with Crippen LogP contribution in [0.15, 0.2) is 0 Å². The van der Waals surface area contributed by atoms with Gasteiger partial charge >= 0.3 is 5.97 Å². The van der Waals surface area contributed by atoms with Gasteiger partial charge in [-0.1, -0.05) is 32.1 Å². The number of carboxylic acid groups (broad SMARTS) is 1. The zero-order valence-electron chi connectivity index (χ0n) is 18.9. The SMILES string of the molecule is CCOCCCCNCNCCCCCNCCCCCCCCNCC(=O)O. The molecule has 7 heteroatoms. The summed E-state index contributed by atoms with van der Waals surface area (Å²) in [5, 5.41) is 21.8. The Hall–Kier alpha value is -0.730. The molecule has 0 radical (unpaired) electrons. The maximum absolute atomic E-state index is 10.3. The van der Waals surface area contributed by atoms with Crippen molar-refractivity contribution in [3.05, 3.63) is 0 Å². The first-order chi connectivity index (χ1) is 14.3. The molecule has 29 heavy (non-hydrogen) atoms. The van der Waals surface area contributed by atoms with E-state index < -0.39 is 5.97 Å². The molecule has 0 spiro atoms. The van der Waals surface area contributed by atoms with E-state index in [1.165, 1.54) is 57.8 Å². The fourth-order valence-electron chi connectivity index (χ4n) is 3.07. The van der Waals surface area contributed by atoms with E-state index in [0.717, 1.165) is 65.4 Å². The first-order valence-electron chi connectivity index (χ1n) is 11.9. The molecule has 0 unspecified atom stereocenters. The molecule has 7 nitrogen and oxygen atoms in total. The van der Waals surface area contributed by atoms with Crippen LogP contribution in [0.2, 0.25) is 0 Å². The molecule has 0 aliphatic carbocycles. The summed E-state index contributed by atoms with van der Waals surface area (Å²) in [4.78, 5) is 10.3. The summed E-state index contributed by atoms with van der Waals surface area (Å²) in [5.41, 5.74) is 0. The van der Waals surface area contributed by atoms with Crippen LogP contribution in [0.5, 0.6) is 0 Å². The fourth-order valence-corrected chi connectivity index (χ4v) is 3.07. The summed E-state index contributed by atoms with van der Waals surface area (Å²) in [7, 11) is 0. The number of hydrogen-bond acceptors (Lipinski definition) is 6. The third kappa shape index (κ3) is 27.3. The number of unbranched alkanes of at least 4 members (excludes halogenated alkanes) is 8.